The third-order valence-corrected chi connectivity index (χ3v) is 12.2. The molecule has 6 nitrogen and oxygen atoms in total. The molecule has 0 aliphatic heterocycles. The van der Waals surface area contributed by atoms with E-state index < -0.39 is 18.2 Å². The van der Waals surface area contributed by atoms with E-state index in [0.717, 1.165) is 64.2 Å². The molecule has 0 heterocycles. The molecule has 3 N–H and O–H groups in total. The van der Waals surface area contributed by atoms with Gasteiger partial charge in [-0.25, -0.2) is 0 Å². The van der Waals surface area contributed by atoms with Gasteiger partial charge >= 0.3 is 5.97 Å². The zero-order chi connectivity index (χ0) is 44.5. The normalized spacial score (nSPS) is 13.5. The fourth-order valence-corrected chi connectivity index (χ4v) is 8.13. The number of carbonyl (C=O) groups is 2. The Labute approximate surface area is 379 Å². The number of allylic oxidation sites excluding steroid dienone is 6. The highest BCUT2D eigenvalue weighted by atomic mass is 16.5. The second-order valence-corrected chi connectivity index (χ2v) is 18.3. The fourth-order valence-electron chi connectivity index (χ4n) is 8.13. The lowest BCUT2D eigenvalue weighted by Gasteiger charge is -2.24. The number of rotatable bonds is 48. The molecule has 0 aliphatic rings. The maximum absolute atomic E-state index is 13.2. The summed E-state index contributed by atoms with van der Waals surface area (Å²) in [4.78, 5) is 26.1. The Bertz CT molecular complexity index is 1010. The van der Waals surface area contributed by atoms with Crippen LogP contribution in [0, 0.1) is 0 Å². The smallest absolute Gasteiger partial charge is 0.306 e. The van der Waals surface area contributed by atoms with E-state index in [1.165, 1.54) is 161 Å². The van der Waals surface area contributed by atoms with Crippen molar-refractivity contribution >= 4 is 11.9 Å². The monoisotopic (exact) mass is 858 g/mol. The molecule has 358 valence electrons. The molecule has 0 saturated heterocycles. The van der Waals surface area contributed by atoms with Crippen LogP contribution >= 0.6 is 0 Å². The van der Waals surface area contributed by atoms with Gasteiger partial charge in [0.1, 0.15) is 6.10 Å². The van der Waals surface area contributed by atoms with Crippen LogP contribution in [0.25, 0.3) is 0 Å². The predicted molar refractivity (Wildman–Crippen MR) is 264 cm³/mol. The van der Waals surface area contributed by atoms with Crippen molar-refractivity contribution in [3.63, 3.8) is 0 Å². The number of carbonyl (C=O) groups excluding carboxylic acids is 2. The molecule has 0 aromatic carbocycles. The summed E-state index contributed by atoms with van der Waals surface area (Å²) < 4.78 is 5.89. The Morgan fingerprint density at radius 1 is 0.475 bits per heavy atom. The molecule has 0 bridgehead atoms. The number of amides is 1. The van der Waals surface area contributed by atoms with Gasteiger partial charge in [-0.1, -0.05) is 231 Å². The van der Waals surface area contributed by atoms with E-state index >= 15 is 0 Å². The second-order valence-electron chi connectivity index (χ2n) is 18.3. The zero-order valence-electron chi connectivity index (χ0n) is 40.8. The molecule has 0 aliphatic carbocycles. The number of hydrogen-bond donors (Lipinski definition) is 3. The summed E-state index contributed by atoms with van der Waals surface area (Å²) in [7, 11) is 0. The summed E-state index contributed by atoms with van der Waals surface area (Å²) in [5.41, 5.74) is 0. The molecular formula is C55H103NO5. The Kier molecular flexibility index (Phi) is 47.6. The van der Waals surface area contributed by atoms with Crippen LogP contribution in [0.4, 0.5) is 0 Å². The third-order valence-electron chi connectivity index (χ3n) is 12.2. The van der Waals surface area contributed by atoms with Crippen molar-refractivity contribution < 1.29 is 24.5 Å². The van der Waals surface area contributed by atoms with E-state index in [-0.39, 0.29) is 31.3 Å². The molecule has 1 amide bonds. The number of nitrogens with one attached hydrogen (secondary N) is 1. The van der Waals surface area contributed by atoms with Crippen LogP contribution in [0.1, 0.15) is 278 Å². The van der Waals surface area contributed by atoms with Gasteiger partial charge in [0.05, 0.1) is 25.2 Å². The van der Waals surface area contributed by atoms with Crippen molar-refractivity contribution in [3.8, 4) is 0 Å². The first kappa shape index (κ1) is 59.1. The molecule has 0 aromatic heterocycles. The van der Waals surface area contributed by atoms with Gasteiger partial charge in [-0.3, -0.25) is 9.59 Å². The molecule has 3 unspecified atom stereocenters. The van der Waals surface area contributed by atoms with E-state index in [1.807, 2.05) is 6.08 Å². The van der Waals surface area contributed by atoms with Crippen LogP contribution in [-0.4, -0.2) is 46.9 Å². The summed E-state index contributed by atoms with van der Waals surface area (Å²) in [6.07, 6.45) is 57.9. The number of aliphatic hydroxyl groups excluding tert-OH is 2. The number of ether oxygens (including phenoxy) is 1. The molecule has 0 saturated carbocycles. The lowest BCUT2D eigenvalue weighted by molar-refractivity contribution is -0.150. The first-order valence-electron chi connectivity index (χ1n) is 26.7. The first-order chi connectivity index (χ1) is 30.0. The van der Waals surface area contributed by atoms with Crippen molar-refractivity contribution in [1.82, 2.24) is 5.32 Å². The number of unbranched alkanes of at least 4 members (excludes halogenated alkanes) is 30. The highest BCUT2D eigenvalue weighted by molar-refractivity contribution is 5.77. The van der Waals surface area contributed by atoms with Gasteiger partial charge in [0.2, 0.25) is 5.91 Å². The van der Waals surface area contributed by atoms with E-state index in [2.05, 4.69) is 56.5 Å². The van der Waals surface area contributed by atoms with E-state index in [1.54, 1.807) is 0 Å². The lowest BCUT2D eigenvalue weighted by Crippen LogP contribution is -2.46. The zero-order valence-corrected chi connectivity index (χ0v) is 40.8. The van der Waals surface area contributed by atoms with Gasteiger partial charge in [0.25, 0.3) is 0 Å². The minimum atomic E-state index is -0.798. The molecule has 3 atom stereocenters. The van der Waals surface area contributed by atoms with Crippen LogP contribution in [0.3, 0.4) is 0 Å². The summed E-state index contributed by atoms with van der Waals surface area (Å²) in [5.74, 6) is -0.560. The van der Waals surface area contributed by atoms with Gasteiger partial charge in [0.15, 0.2) is 0 Å². The first-order valence-corrected chi connectivity index (χ1v) is 26.7. The Hall–Kier alpha value is -1.92. The second kappa shape index (κ2) is 49.1. The molecule has 0 fully saturated rings. The third kappa shape index (κ3) is 44.5. The maximum atomic E-state index is 13.2. The van der Waals surface area contributed by atoms with Crippen molar-refractivity contribution in [2.75, 3.05) is 6.61 Å². The van der Waals surface area contributed by atoms with Gasteiger partial charge < -0.3 is 20.3 Å². The van der Waals surface area contributed by atoms with Crippen LogP contribution in [-0.2, 0) is 14.3 Å². The molecule has 0 aromatic rings. The largest absolute Gasteiger partial charge is 0.462 e. The van der Waals surface area contributed by atoms with Gasteiger partial charge in [0, 0.05) is 6.42 Å². The van der Waals surface area contributed by atoms with Gasteiger partial charge in [-0.15, -0.1) is 0 Å². The average Bonchev–Trinajstić information content (AvgIpc) is 3.25. The van der Waals surface area contributed by atoms with Crippen LogP contribution in [0.2, 0.25) is 0 Å². The molecule has 6 heteroatoms. The quantitative estimate of drug-likeness (QED) is 0.0322. The Balaban J connectivity index is 4.65. The van der Waals surface area contributed by atoms with Crippen molar-refractivity contribution in [2.45, 2.75) is 296 Å². The van der Waals surface area contributed by atoms with Crippen LogP contribution in [0.15, 0.2) is 36.5 Å². The van der Waals surface area contributed by atoms with Gasteiger partial charge in [-0.2, -0.15) is 0 Å². The van der Waals surface area contributed by atoms with Crippen molar-refractivity contribution in [2.24, 2.45) is 0 Å². The Morgan fingerprint density at radius 2 is 0.836 bits per heavy atom. The van der Waals surface area contributed by atoms with Crippen molar-refractivity contribution in [3.05, 3.63) is 36.5 Å². The lowest BCUT2D eigenvalue weighted by atomic mass is 10.0. The maximum Gasteiger partial charge on any atom is 0.306 e. The Morgan fingerprint density at radius 3 is 1.28 bits per heavy atom. The van der Waals surface area contributed by atoms with Gasteiger partial charge in [-0.05, 0) is 70.6 Å². The molecular weight excluding hydrogens is 755 g/mol. The van der Waals surface area contributed by atoms with Crippen molar-refractivity contribution in [1.29, 1.82) is 0 Å². The summed E-state index contributed by atoms with van der Waals surface area (Å²) in [6, 6.07) is -0.714. The van der Waals surface area contributed by atoms with E-state index in [9.17, 15) is 19.8 Å². The molecule has 61 heavy (non-hydrogen) atoms. The minimum absolute atomic E-state index is 0.0472. The standard InChI is InChI=1S/C55H103NO5/c1-4-7-10-13-16-19-22-25-26-27-30-31-34-37-40-43-46-51(61-55(60)48-45-42-39-36-33-29-24-21-18-15-12-9-6-3)49-54(59)56-52(50-57)53(58)47-44-41-38-35-32-28-23-20-17-14-11-8-5-2/h29-31,33,39,42,51-53,57-58H,4-28,32,34-38,40-41,43-50H2,1-3H3,(H,56,59)/b31-30+,33-29-,42-39+. The topological polar surface area (TPSA) is 95.9 Å². The number of aliphatic hydroxyl groups is 2. The summed E-state index contributed by atoms with van der Waals surface area (Å²) >= 11 is 0. The van der Waals surface area contributed by atoms with Crippen LogP contribution < -0.4 is 5.32 Å². The number of esters is 1. The predicted octanol–water partition coefficient (Wildman–Crippen LogP) is 16.1. The van der Waals surface area contributed by atoms with E-state index in [0.29, 0.717) is 19.3 Å². The SMILES string of the molecule is CCCCCCCC/C=C\C/C=C/CCC(=O)OC(CCCCC/C=C/CCCCCCCCCCC)CC(=O)NC(CO)C(O)CCCCCCCCCCCCCCC. The fraction of sp³-hybridized carbons (Fsp3) is 0.855. The highest BCUT2D eigenvalue weighted by Gasteiger charge is 2.24. The summed E-state index contributed by atoms with van der Waals surface area (Å²) in [6.45, 7) is 6.47. The summed E-state index contributed by atoms with van der Waals surface area (Å²) in [5, 5.41) is 23.8. The highest BCUT2D eigenvalue weighted by Crippen LogP contribution is 2.17. The van der Waals surface area contributed by atoms with E-state index in [4.69, 9.17) is 4.74 Å². The molecule has 0 spiro atoms. The average molecular weight is 858 g/mol. The molecule has 0 rings (SSSR count). The minimum Gasteiger partial charge on any atom is -0.462 e. The van der Waals surface area contributed by atoms with Crippen LogP contribution in [0.5, 0.6) is 0 Å². The molecule has 0 radical (unpaired) electrons. The number of hydrogen-bond acceptors (Lipinski definition) is 5.